The van der Waals surface area contributed by atoms with Gasteiger partial charge in [-0.1, -0.05) is 12.1 Å². The molecule has 3 heterocycles. The van der Waals surface area contributed by atoms with Crippen molar-refractivity contribution in [2.75, 3.05) is 31.5 Å². The number of aromatic nitrogens is 1. The highest BCUT2D eigenvalue weighted by atomic mass is 16.2. The fourth-order valence-electron chi connectivity index (χ4n) is 4.40. The molecule has 2 N–H and O–H groups in total. The van der Waals surface area contributed by atoms with E-state index in [4.69, 9.17) is 0 Å². The van der Waals surface area contributed by atoms with Gasteiger partial charge < -0.3 is 15.5 Å². The highest BCUT2D eigenvalue weighted by Gasteiger charge is 2.40. The van der Waals surface area contributed by atoms with Crippen molar-refractivity contribution in [3.63, 3.8) is 0 Å². The van der Waals surface area contributed by atoms with Crippen molar-refractivity contribution in [1.29, 1.82) is 0 Å². The van der Waals surface area contributed by atoms with Crippen LogP contribution < -0.4 is 10.6 Å². The van der Waals surface area contributed by atoms with E-state index in [-0.39, 0.29) is 11.3 Å². The lowest BCUT2D eigenvalue weighted by Crippen LogP contribution is -2.42. The smallest absolute Gasteiger partial charge is 0.254 e. The minimum Gasteiger partial charge on any atom is -0.379 e. The van der Waals surface area contributed by atoms with Crippen LogP contribution in [0.3, 0.4) is 0 Å². The molecule has 0 saturated carbocycles. The molecule has 2 fully saturated rings. The zero-order valence-corrected chi connectivity index (χ0v) is 16.0. The minimum atomic E-state index is 0.163. The van der Waals surface area contributed by atoms with Crippen molar-refractivity contribution in [3.05, 3.63) is 59.4 Å². The monoisotopic (exact) mass is 364 g/mol. The first-order valence-electron chi connectivity index (χ1n) is 9.90. The third kappa shape index (κ3) is 3.83. The van der Waals surface area contributed by atoms with Crippen LogP contribution in [0.15, 0.2) is 42.6 Å². The van der Waals surface area contributed by atoms with E-state index in [0.717, 1.165) is 55.1 Å². The van der Waals surface area contributed by atoms with Gasteiger partial charge in [-0.15, -0.1) is 0 Å². The number of hydrogen-bond donors (Lipinski definition) is 2. The van der Waals surface area contributed by atoms with Crippen LogP contribution in [0.25, 0.3) is 0 Å². The normalized spacial score (nSPS) is 22.2. The molecule has 4 rings (SSSR count). The van der Waals surface area contributed by atoms with Crippen LogP contribution in [0, 0.1) is 12.3 Å². The number of amides is 1. The molecular weight excluding hydrogens is 336 g/mol. The molecule has 2 saturated heterocycles. The van der Waals surface area contributed by atoms with Crippen LogP contribution >= 0.6 is 0 Å². The van der Waals surface area contributed by atoms with Gasteiger partial charge in [0.05, 0.1) is 12.2 Å². The van der Waals surface area contributed by atoms with E-state index in [1.54, 1.807) is 6.20 Å². The van der Waals surface area contributed by atoms with E-state index in [1.807, 2.05) is 43.3 Å². The summed E-state index contributed by atoms with van der Waals surface area (Å²) in [7, 11) is 0. The summed E-state index contributed by atoms with van der Waals surface area (Å²) < 4.78 is 0. The summed E-state index contributed by atoms with van der Waals surface area (Å²) >= 11 is 0. The van der Waals surface area contributed by atoms with Gasteiger partial charge in [-0.05, 0) is 62.6 Å². The van der Waals surface area contributed by atoms with Crippen LogP contribution in [0.2, 0.25) is 0 Å². The molecule has 1 aromatic heterocycles. The van der Waals surface area contributed by atoms with Crippen LogP contribution in [0.1, 0.15) is 40.9 Å². The molecule has 2 aliphatic heterocycles. The molecule has 1 spiro atoms. The Morgan fingerprint density at radius 2 is 2.19 bits per heavy atom. The number of likely N-dealkylation sites (tertiary alicyclic amines) is 1. The minimum absolute atomic E-state index is 0.163. The summed E-state index contributed by atoms with van der Waals surface area (Å²) in [5.41, 5.74) is 4.10. The summed E-state index contributed by atoms with van der Waals surface area (Å²) in [5.74, 6) is 0.163. The lowest BCUT2D eigenvalue weighted by atomic mass is 9.80. The number of rotatable bonds is 4. The molecule has 27 heavy (non-hydrogen) atoms. The Hall–Kier alpha value is -2.40. The highest BCUT2D eigenvalue weighted by molar-refractivity contribution is 5.97. The Kier molecular flexibility index (Phi) is 5.12. The maximum absolute atomic E-state index is 13.2. The molecule has 1 aromatic carbocycles. The van der Waals surface area contributed by atoms with Crippen molar-refractivity contribution >= 4 is 11.6 Å². The number of nitrogens with zero attached hydrogens (tertiary/aromatic N) is 2. The van der Waals surface area contributed by atoms with Crippen molar-refractivity contribution in [2.24, 2.45) is 5.41 Å². The van der Waals surface area contributed by atoms with E-state index >= 15 is 0 Å². The first kappa shape index (κ1) is 18.0. The maximum Gasteiger partial charge on any atom is 0.254 e. The predicted molar refractivity (Wildman–Crippen MR) is 108 cm³/mol. The van der Waals surface area contributed by atoms with E-state index in [9.17, 15) is 4.79 Å². The second-order valence-corrected chi connectivity index (χ2v) is 7.91. The average molecular weight is 364 g/mol. The Bertz CT molecular complexity index is 799. The molecule has 0 unspecified atom stereocenters. The molecule has 1 amide bonds. The lowest BCUT2D eigenvalue weighted by Gasteiger charge is -2.33. The van der Waals surface area contributed by atoms with E-state index in [0.29, 0.717) is 6.54 Å². The molecule has 0 bridgehead atoms. The molecule has 0 aliphatic carbocycles. The highest BCUT2D eigenvalue weighted by Crippen LogP contribution is 2.37. The Labute approximate surface area is 161 Å². The molecule has 142 valence electrons. The van der Waals surface area contributed by atoms with Crippen molar-refractivity contribution in [2.45, 2.75) is 32.7 Å². The molecule has 1 atom stereocenters. The summed E-state index contributed by atoms with van der Waals surface area (Å²) in [6, 6.07) is 11.9. The molecule has 2 aromatic rings. The summed E-state index contributed by atoms with van der Waals surface area (Å²) in [5, 5.41) is 6.94. The van der Waals surface area contributed by atoms with Crippen molar-refractivity contribution in [3.8, 4) is 0 Å². The predicted octanol–water partition coefficient (Wildman–Crippen LogP) is 3.22. The van der Waals surface area contributed by atoms with Gasteiger partial charge in [0.1, 0.15) is 0 Å². The van der Waals surface area contributed by atoms with Crippen molar-refractivity contribution in [1.82, 2.24) is 15.2 Å². The standard InChI is InChI=1S/C22H28N4O/c1-17-19(7-4-8-20(17)25-14-18-6-2-3-12-24-18)21(27)26-13-10-22(16-26)9-5-11-23-15-22/h2-4,6-8,12,23,25H,5,9-11,13-16H2,1H3/t22-/m0/s1. The van der Waals surface area contributed by atoms with Gasteiger partial charge in [0, 0.05) is 42.5 Å². The second-order valence-electron chi connectivity index (χ2n) is 7.91. The number of piperidine rings is 1. The second kappa shape index (κ2) is 7.69. The summed E-state index contributed by atoms with van der Waals surface area (Å²) in [6.07, 6.45) is 5.36. The number of anilines is 1. The number of pyridine rings is 1. The molecule has 2 aliphatic rings. The first-order chi connectivity index (χ1) is 13.2. The third-order valence-electron chi connectivity index (χ3n) is 6.04. The molecule has 5 heteroatoms. The van der Waals surface area contributed by atoms with Gasteiger partial charge in [-0.3, -0.25) is 9.78 Å². The topological polar surface area (TPSA) is 57.3 Å². The van der Waals surface area contributed by atoms with Crippen LogP contribution in [-0.2, 0) is 6.54 Å². The summed E-state index contributed by atoms with van der Waals surface area (Å²) in [6.45, 7) is 6.58. The zero-order chi connectivity index (χ0) is 18.7. The number of carbonyl (C=O) groups is 1. The fourth-order valence-corrected chi connectivity index (χ4v) is 4.40. The van der Waals surface area contributed by atoms with Gasteiger partial charge in [-0.2, -0.15) is 0 Å². The van der Waals surface area contributed by atoms with E-state index < -0.39 is 0 Å². The van der Waals surface area contributed by atoms with Gasteiger partial charge in [-0.25, -0.2) is 0 Å². The fraction of sp³-hybridized carbons (Fsp3) is 0.455. The van der Waals surface area contributed by atoms with Gasteiger partial charge in [0.25, 0.3) is 5.91 Å². The third-order valence-corrected chi connectivity index (χ3v) is 6.04. The molecular formula is C22H28N4O. The quantitative estimate of drug-likeness (QED) is 0.875. The van der Waals surface area contributed by atoms with Crippen molar-refractivity contribution < 1.29 is 4.79 Å². The van der Waals surface area contributed by atoms with Crippen LogP contribution in [-0.4, -0.2) is 42.0 Å². The molecule has 5 nitrogen and oxygen atoms in total. The van der Waals surface area contributed by atoms with E-state index in [1.165, 1.54) is 12.8 Å². The lowest BCUT2D eigenvalue weighted by molar-refractivity contribution is 0.0763. The maximum atomic E-state index is 13.2. The summed E-state index contributed by atoms with van der Waals surface area (Å²) in [4.78, 5) is 19.6. The zero-order valence-electron chi connectivity index (χ0n) is 16.0. The number of benzene rings is 1. The van der Waals surface area contributed by atoms with Crippen LogP contribution in [0.4, 0.5) is 5.69 Å². The van der Waals surface area contributed by atoms with E-state index in [2.05, 4.69) is 20.5 Å². The van der Waals surface area contributed by atoms with Crippen LogP contribution in [0.5, 0.6) is 0 Å². The Morgan fingerprint density at radius 3 is 2.96 bits per heavy atom. The Balaban J connectivity index is 1.46. The number of carbonyl (C=O) groups excluding carboxylic acids is 1. The van der Waals surface area contributed by atoms with Gasteiger partial charge >= 0.3 is 0 Å². The SMILES string of the molecule is Cc1c(NCc2ccccn2)cccc1C(=O)N1CC[C@]2(CCCNC2)C1. The average Bonchev–Trinajstić information content (AvgIpc) is 3.11. The van der Waals surface area contributed by atoms with Gasteiger partial charge in [0.15, 0.2) is 0 Å². The largest absolute Gasteiger partial charge is 0.379 e. The Morgan fingerprint density at radius 1 is 1.26 bits per heavy atom. The van der Waals surface area contributed by atoms with Gasteiger partial charge in [0.2, 0.25) is 0 Å². The molecule has 0 radical (unpaired) electrons. The first-order valence-corrected chi connectivity index (χ1v) is 9.90. The number of hydrogen-bond acceptors (Lipinski definition) is 4. The number of nitrogens with one attached hydrogen (secondary N) is 2.